The molecule has 0 saturated carbocycles. The van der Waals surface area contributed by atoms with E-state index in [2.05, 4.69) is 25.5 Å². The van der Waals surface area contributed by atoms with Crippen LogP contribution in [0.5, 0.6) is 0 Å². The van der Waals surface area contributed by atoms with E-state index < -0.39 is 0 Å². The number of nitrogens with two attached hydrogens (primary N) is 2. The summed E-state index contributed by atoms with van der Waals surface area (Å²) in [4.78, 5) is 13.4. The average molecular weight is 272 g/mol. The molecule has 104 valence electrons. The Labute approximate surface area is 116 Å². The largest absolute Gasteiger partial charge is 0.378 e. The molecule has 2 rings (SSSR count). The molecule has 0 aliphatic carbocycles. The van der Waals surface area contributed by atoms with E-state index >= 15 is 0 Å². The lowest BCUT2D eigenvalue weighted by Gasteiger charge is -2.11. The zero-order valence-electron chi connectivity index (χ0n) is 11.3. The van der Waals surface area contributed by atoms with Gasteiger partial charge in [0.05, 0.1) is 6.21 Å². The molecule has 0 atom stereocenters. The van der Waals surface area contributed by atoms with Crippen molar-refractivity contribution in [3.63, 3.8) is 0 Å². The predicted molar refractivity (Wildman–Crippen MR) is 80.6 cm³/mol. The Kier molecular flexibility index (Phi) is 3.94. The van der Waals surface area contributed by atoms with Gasteiger partial charge in [-0.2, -0.15) is 20.1 Å². The monoisotopic (exact) mass is 272 g/mol. The van der Waals surface area contributed by atoms with Gasteiger partial charge in [0.15, 0.2) is 0 Å². The fraction of sp³-hybridized carbons (Fsp3) is 0.167. The first-order valence-corrected chi connectivity index (χ1v) is 5.88. The fourth-order valence-corrected chi connectivity index (χ4v) is 1.48. The van der Waals surface area contributed by atoms with E-state index in [1.165, 1.54) is 0 Å². The van der Waals surface area contributed by atoms with Crippen LogP contribution >= 0.6 is 0 Å². The standard InChI is InChI=1S/C12H16N8/c1-20(2)9-5-3-8(4-6-9)7-15-19-12-17-10(13)16-11(14)18-12/h3-7H,1-2H3,(H5,13,14,16,17,18,19)/b15-7-. The normalized spacial score (nSPS) is 10.7. The van der Waals surface area contributed by atoms with Gasteiger partial charge in [-0.3, -0.25) is 0 Å². The number of nitrogens with zero attached hydrogens (tertiary/aromatic N) is 5. The molecule has 5 N–H and O–H groups in total. The second-order valence-corrected chi connectivity index (χ2v) is 4.23. The molecule has 0 spiro atoms. The number of anilines is 4. The van der Waals surface area contributed by atoms with Crippen LogP contribution in [-0.4, -0.2) is 35.3 Å². The topological polar surface area (TPSA) is 118 Å². The van der Waals surface area contributed by atoms with E-state index in [-0.39, 0.29) is 17.8 Å². The van der Waals surface area contributed by atoms with Crippen LogP contribution in [0.3, 0.4) is 0 Å². The van der Waals surface area contributed by atoms with Gasteiger partial charge in [0, 0.05) is 19.8 Å². The van der Waals surface area contributed by atoms with E-state index in [1.807, 2.05) is 43.3 Å². The van der Waals surface area contributed by atoms with Crippen LogP contribution in [0.4, 0.5) is 23.5 Å². The summed E-state index contributed by atoms with van der Waals surface area (Å²) >= 11 is 0. The molecule has 20 heavy (non-hydrogen) atoms. The highest BCUT2D eigenvalue weighted by Gasteiger charge is 1.99. The third-order valence-electron chi connectivity index (χ3n) is 2.46. The Hall–Kier alpha value is -2.90. The molecule has 1 aromatic heterocycles. The minimum absolute atomic E-state index is 0.0468. The van der Waals surface area contributed by atoms with Crippen molar-refractivity contribution >= 4 is 29.7 Å². The molecule has 1 aromatic carbocycles. The smallest absolute Gasteiger partial charge is 0.250 e. The second-order valence-electron chi connectivity index (χ2n) is 4.23. The quantitative estimate of drug-likeness (QED) is 0.549. The van der Waals surface area contributed by atoms with E-state index in [4.69, 9.17) is 11.5 Å². The summed E-state index contributed by atoms with van der Waals surface area (Å²) in [7, 11) is 3.97. The number of hydrogen-bond donors (Lipinski definition) is 3. The minimum atomic E-state index is 0.0468. The molecule has 0 radical (unpaired) electrons. The lowest BCUT2D eigenvalue weighted by atomic mass is 10.2. The zero-order valence-corrected chi connectivity index (χ0v) is 11.3. The molecule has 1 heterocycles. The van der Waals surface area contributed by atoms with Crippen LogP contribution in [0, 0.1) is 0 Å². The van der Waals surface area contributed by atoms with Gasteiger partial charge in [-0.15, -0.1) is 0 Å². The third-order valence-corrected chi connectivity index (χ3v) is 2.46. The summed E-state index contributed by atoms with van der Waals surface area (Å²) in [6.45, 7) is 0. The molecule has 0 amide bonds. The van der Waals surface area contributed by atoms with Crippen molar-refractivity contribution in [2.24, 2.45) is 5.10 Å². The first kappa shape index (κ1) is 13.5. The number of aromatic nitrogens is 3. The highest BCUT2D eigenvalue weighted by Crippen LogP contribution is 2.11. The van der Waals surface area contributed by atoms with Crippen molar-refractivity contribution < 1.29 is 0 Å². The first-order valence-electron chi connectivity index (χ1n) is 5.88. The fourth-order valence-electron chi connectivity index (χ4n) is 1.48. The van der Waals surface area contributed by atoms with Crippen LogP contribution < -0.4 is 21.8 Å². The highest BCUT2D eigenvalue weighted by molar-refractivity contribution is 5.80. The maximum atomic E-state index is 5.45. The summed E-state index contributed by atoms with van der Waals surface area (Å²) in [5.41, 5.74) is 15.6. The van der Waals surface area contributed by atoms with Crippen LogP contribution in [0.1, 0.15) is 5.56 Å². The Morgan fingerprint density at radius 3 is 2.20 bits per heavy atom. The predicted octanol–water partition coefficient (Wildman–Crippen LogP) is 0.548. The zero-order chi connectivity index (χ0) is 14.5. The van der Waals surface area contributed by atoms with Gasteiger partial charge in [0.25, 0.3) is 0 Å². The first-order chi connectivity index (χ1) is 9.54. The Morgan fingerprint density at radius 1 is 1.05 bits per heavy atom. The summed E-state index contributed by atoms with van der Waals surface area (Å²) in [6, 6.07) is 7.91. The number of benzene rings is 1. The molecule has 8 nitrogen and oxygen atoms in total. The number of nitrogens with one attached hydrogen (secondary N) is 1. The number of nitrogen functional groups attached to an aromatic ring is 2. The van der Waals surface area contributed by atoms with Crippen molar-refractivity contribution in [2.75, 3.05) is 35.9 Å². The third kappa shape index (κ3) is 3.55. The highest BCUT2D eigenvalue weighted by atomic mass is 15.4. The molecule has 0 saturated heterocycles. The Morgan fingerprint density at radius 2 is 1.65 bits per heavy atom. The van der Waals surface area contributed by atoms with E-state index in [1.54, 1.807) is 6.21 Å². The van der Waals surface area contributed by atoms with Gasteiger partial charge >= 0.3 is 0 Å². The van der Waals surface area contributed by atoms with Gasteiger partial charge < -0.3 is 16.4 Å². The lowest BCUT2D eigenvalue weighted by Crippen LogP contribution is -2.08. The van der Waals surface area contributed by atoms with Crippen LogP contribution in [0.15, 0.2) is 29.4 Å². The maximum Gasteiger partial charge on any atom is 0.250 e. The minimum Gasteiger partial charge on any atom is -0.378 e. The van der Waals surface area contributed by atoms with Gasteiger partial charge in [-0.05, 0) is 17.7 Å². The lowest BCUT2D eigenvalue weighted by molar-refractivity contribution is 1.06. The van der Waals surface area contributed by atoms with Gasteiger partial charge in [-0.1, -0.05) is 12.1 Å². The molecular weight excluding hydrogens is 256 g/mol. The molecule has 2 aromatic rings. The number of hydrogen-bond acceptors (Lipinski definition) is 8. The van der Waals surface area contributed by atoms with Gasteiger partial charge in [0.1, 0.15) is 0 Å². The summed E-state index contributed by atoms with van der Waals surface area (Å²) in [6.07, 6.45) is 1.65. The van der Waals surface area contributed by atoms with Crippen molar-refractivity contribution in [3.8, 4) is 0 Å². The summed E-state index contributed by atoms with van der Waals surface area (Å²) < 4.78 is 0. The van der Waals surface area contributed by atoms with Crippen LogP contribution in [0.25, 0.3) is 0 Å². The summed E-state index contributed by atoms with van der Waals surface area (Å²) in [5.74, 6) is 0.298. The van der Waals surface area contributed by atoms with E-state index in [9.17, 15) is 0 Å². The summed E-state index contributed by atoms with van der Waals surface area (Å²) in [5, 5.41) is 4.02. The number of hydrazone groups is 1. The molecule has 0 fully saturated rings. The van der Waals surface area contributed by atoms with E-state index in [0.29, 0.717) is 0 Å². The van der Waals surface area contributed by atoms with Crippen LogP contribution in [-0.2, 0) is 0 Å². The molecule has 0 bridgehead atoms. The molecule has 0 aliphatic rings. The van der Waals surface area contributed by atoms with Crippen molar-refractivity contribution in [1.29, 1.82) is 0 Å². The Balaban J connectivity index is 2.02. The van der Waals surface area contributed by atoms with Crippen LogP contribution in [0.2, 0.25) is 0 Å². The second kappa shape index (κ2) is 5.83. The van der Waals surface area contributed by atoms with Crippen molar-refractivity contribution in [2.45, 2.75) is 0 Å². The maximum absolute atomic E-state index is 5.45. The Bertz CT molecular complexity index is 585. The molecule has 0 unspecified atom stereocenters. The average Bonchev–Trinajstić information content (AvgIpc) is 2.38. The molecular formula is C12H16N8. The SMILES string of the molecule is CN(C)c1ccc(/C=N\Nc2nc(N)nc(N)n2)cc1. The van der Waals surface area contributed by atoms with E-state index in [0.717, 1.165) is 11.3 Å². The van der Waals surface area contributed by atoms with Gasteiger partial charge in [-0.25, -0.2) is 5.43 Å². The van der Waals surface area contributed by atoms with Crippen molar-refractivity contribution in [1.82, 2.24) is 15.0 Å². The number of rotatable bonds is 4. The van der Waals surface area contributed by atoms with Crippen molar-refractivity contribution in [3.05, 3.63) is 29.8 Å². The van der Waals surface area contributed by atoms with Gasteiger partial charge in [0.2, 0.25) is 17.8 Å². The molecule has 8 heteroatoms. The molecule has 0 aliphatic heterocycles.